The number of allylic oxidation sites excluding steroid dienone is 1. The summed E-state index contributed by atoms with van der Waals surface area (Å²) in [6.45, 7) is 0. The molecule has 0 aromatic carbocycles. The number of hydrogen-bond donors (Lipinski definition) is 3. The Morgan fingerprint density at radius 2 is 2.28 bits per heavy atom. The molecule has 17 heteroatoms. The van der Waals surface area contributed by atoms with E-state index in [9.17, 15) is 19.5 Å². The summed E-state index contributed by atoms with van der Waals surface area (Å²) in [5, 5.41) is 24.8. The van der Waals surface area contributed by atoms with E-state index in [1.54, 1.807) is 5.51 Å². The number of aromatic nitrogens is 4. The molecule has 4 heterocycles. The monoisotopic (exact) mass is 567 g/mol. The van der Waals surface area contributed by atoms with Gasteiger partial charge in [0.15, 0.2) is 9.47 Å². The number of nitrogen functional groups attached to an aromatic ring is 1. The SMILES string of the molecule is Nc1nc(C(=NOC2C=CCC2)C(=O)NC2C(=O)[N+]3=C2SCC(CSc2nncs2)C3C(=O)O)ns1. The summed E-state index contributed by atoms with van der Waals surface area (Å²) in [4.78, 5) is 47.7. The lowest BCUT2D eigenvalue weighted by atomic mass is 9.98. The fraction of sp³-hybridized carbons (Fsp3) is 0.421. The highest BCUT2D eigenvalue weighted by atomic mass is 32.2. The maximum atomic E-state index is 13.1. The van der Waals surface area contributed by atoms with Crippen LogP contribution in [0.25, 0.3) is 0 Å². The lowest BCUT2D eigenvalue weighted by Gasteiger charge is -2.33. The van der Waals surface area contributed by atoms with Gasteiger partial charge in [-0.3, -0.25) is 4.79 Å². The zero-order chi connectivity index (χ0) is 25.2. The van der Waals surface area contributed by atoms with E-state index < -0.39 is 29.9 Å². The van der Waals surface area contributed by atoms with Gasteiger partial charge in [0, 0.05) is 23.0 Å². The molecule has 4 atom stereocenters. The number of carbonyl (C=O) groups excluding carboxylic acids is 2. The summed E-state index contributed by atoms with van der Waals surface area (Å²) in [6.07, 6.45) is 5.09. The summed E-state index contributed by atoms with van der Waals surface area (Å²) in [5.74, 6) is -1.71. The third kappa shape index (κ3) is 5.00. The van der Waals surface area contributed by atoms with Crippen LogP contribution in [0, 0.1) is 5.92 Å². The number of aliphatic carboxylic acids is 1. The fourth-order valence-electron chi connectivity index (χ4n) is 3.85. The van der Waals surface area contributed by atoms with Crippen LogP contribution < -0.4 is 11.1 Å². The van der Waals surface area contributed by atoms with E-state index in [1.807, 2.05) is 12.2 Å². The van der Waals surface area contributed by atoms with Crippen molar-refractivity contribution in [2.75, 3.05) is 17.2 Å². The van der Waals surface area contributed by atoms with Crippen molar-refractivity contribution in [2.24, 2.45) is 11.1 Å². The molecule has 2 amide bonds. The number of rotatable bonds is 9. The third-order valence-electron chi connectivity index (χ3n) is 5.54. The second-order valence-corrected chi connectivity index (χ2v) is 11.8. The normalized spacial score (nSPS) is 25.4. The molecular formula is C19H19N8O5S4+. The van der Waals surface area contributed by atoms with Gasteiger partial charge in [-0.25, -0.2) is 9.59 Å². The maximum Gasteiger partial charge on any atom is 0.422 e. The third-order valence-corrected chi connectivity index (χ3v) is 9.46. The van der Waals surface area contributed by atoms with Gasteiger partial charge in [0.25, 0.3) is 17.0 Å². The fourth-order valence-corrected chi connectivity index (χ4v) is 7.44. The van der Waals surface area contributed by atoms with Gasteiger partial charge in [-0.15, -0.1) is 14.8 Å². The largest absolute Gasteiger partial charge is 0.476 e. The lowest BCUT2D eigenvalue weighted by molar-refractivity contribution is -0.502. The van der Waals surface area contributed by atoms with E-state index in [2.05, 4.69) is 30.0 Å². The van der Waals surface area contributed by atoms with E-state index in [4.69, 9.17) is 10.6 Å². The molecule has 0 radical (unpaired) electrons. The Balaban J connectivity index is 1.32. The van der Waals surface area contributed by atoms with Crippen molar-refractivity contribution in [3.05, 3.63) is 23.5 Å². The first kappa shape index (κ1) is 24.8. The molecule has 0 saturated heterocycles. The number of oxime groups is 1. The topological polar surface area (TPSA) is 186 Å². The van der Waals surface area contributed by atoms with Crippen molar-refractivity contribution >= 4 is 80.1 Å². The van der Waals surface area contributed by atoms with Crippen LogP contribution in [0.3, 0.4) is 0 Å². The summed E-state index contributed by atoms with van der Waals surface area (Å²) >= 11 is 5.02. The highest BCUT2D eigenvalue weighted by Crippen LogP contribution is 2.34. The molecule has 4 N–H and O–H groups in total. The predicted octanol–water partition coefficient (Wildman–Crippen LogP) is 0.456. The molecule has 36 heavy (non-hydrogen) atoms. The first-order chi connectivity index (χ1) is 17.4. The molecular weight excluding hydrogens is 549 g/mol. The van der Waals surface area contributed by atoms with E-state index >= 15 is 0 Å². The van der Waals surface area contributed by atoms with E-state index in [0.717, 1.165) is 28.7 Å². The quantitative estimate of drug-likeness (QED) is 0.125. The summed E-state index contributed by atoms with van der Waals surface area (Å²) in [5.41, 5.74) is 7.06. The van der Waals surface area contributed by atoms with Crippen LogP contribution in [0.2, 0.25) is 0 Å². The number of carboxylic acid groups (broad SMARTS) is 1. The molecule has 0 saturated carbocycles. The Bertz CT molecular complexity index is 1280. The second-order valence-electron chi connectivity index (χ2n) is 7.87. The Morgan fingerprint density at radius 3 is 2.94 bits per heavy atom. The van der Waals surface area contributed by atoms with E-state index in [1.165, 1.54) is 39.4 Å². The Morgan fingerprint density at radius 1 is 1.42 bits per heavy atom. The number of nitrogens with two attached hydrogens (primary N) is 1. The summed E-state index contributed by atoms with van der Waals surface area (Å²) in [6, 6.07) is -2.03. The molecule has 0 fully saturated rings. The Kier molecular flexibility index (Phi) is 7.31. The van der Waals surface area contributed by atoms with Crippen LogP contribution in [0.4, 0.5) is 5.13 Å². The van der Waals surface area contributed by atoms with Gasteiger partial charge in [-0.1, -0.05) is 46.1 Å². The average Bonchev–Trinajstić information content (AvgIpc) is 3.64. The molecule has 5 rings (SSSR count). The van der Waals surface area contributed by atoms with Crippen LogP contribution in [0.15, 0.2) is 27.2 Å². The number of nitrogens with zero attached hydrogens (tertiary/aromatic N) is 6. The van der Waals surface area contributed by atoms with E-state index in [-0.39, 0.29) is 28.7 Å². The van der Waals surface area contributed by atoms with Crippen LogP contribution >= 0.6 is 46.4 Å². The molecule has 4 unspecified atom stereocenters. The number of anilines is 1. The average molecular weight is 568 g/mol. The minimum atomic E-state index is -1.10. The second kappa shape index (κ2) is 10.6. The molecule has 2 aromatic rings. The predicted molar refractivity (Wildman–Crippen MR) is 134 cm³/mol. The van der Waals surface area contributed by atoms with Crippen LogP contribution in [0.1, 0.15) is 18.7 Å². The highest BCUT2D eigenvalue weighted by molar-refractivity contribution is 8.14. The van der Waals surface area contributed by atoms with Crippen LogP contribution in [-0.4, -0.2) is 87.5 Å². The van der Waals surface area contributed by atoms with E-state index in [0.29, 0.717) is 16.5 Å². The molecule has 13 nitrogen and oxygen atoms in total. The number of thioether (sulfide) groups is 2. The van der Waals surface area contributed by atoms with Gasteiger partial charge in [-0.05, 0) is 18.9 Å². The van der Waals surface area contributed by atoms with Gasteiger partial charge in [0.1, 0.15) is 11.6 Å². The first-order valence-electron chi connectivity index (χ1n) is 10.7. The molecule has 3 aliphatic rings. The van der Waals surface area contributed by atoms with Crippen molar-refractivity contribution in [3.63, 3.8) is 0 Å². The molecule has 2 aromatic heterocycles. The maximum absolute atomic E-state index is 13.1. The first-order valence-corrected chi connectivity index (χ1v) is 14.3. The zero-order valence-electron chi connectivity index (χ0n) is 18.3. The molecule has 188 valence electrons. The van der Waals surface area contributed by atoms with Crippen molar-refractivity contribution in [1.29, 1.82) is 0 Å². The standard InChI is InChI=1S/C19H18N8O5S4/c20-18-23-13(26-36-18)10(25-32-9-3-1-2-4-9)14(28)22-11-15(29)27-12(17(30)31)8(5-33-16(11)27)6-34-19-24-21-7-35-19/h1,3,7-9,11-12H,2,4-6H2,(H3-,20,22,23,26,28,30,31)/p+1. The van der Waals surface area contributed by atoms with Crippen LogP contribution in [0.5, 0.6) is 0 Å². The van der Waals surface area contributed by atoms with Crippen molar-refractivity contribution < 1.29 is 28.9 Å². The smallest absolute Gasteiger partial charge is 0.422 e. The Labute approximate surface area is 220 Å². The van der Waals surface area contributed by atoms with Gasteiger partial charge in [0.05, 0.1) is 5.92 Å². The van der Waals surface area contributed by atoms with Crippen molar-refractivity contribution in [2.45, 2.75) is 35.4 Å². The molecule has 0 bridgehead atoms. The van der Waals surface area contributed by atoms with Crippen molar-refractivity contribution in [1.82, 2.24) is 24.9 Å². The van der Waals surface area contributed by atoms with Gasteiger partial charge < -0.3 is 21.0 Å². The number of nitrogens with one attached hydrogen (secondary N) is 1. The number of carboxylic acids is 1. The zero-order valence-corrected chi connectivity index (χ0v) is 21.6. The Hall–Kier alpha value is -2.89. The number of amides is 2. The van der Waals surface area contributed by atoms with Gasteiger partial charge in [0.2, 0.25) is 17.6 Å². The highest BCUT2D eigenvalue weighted by Gasteiger charge is 2.60. The molecule has 1 aliphatic carbocycles. The molecule has 2 aliphatic heterocycles. The van der Waals surface area contributed by atoms with Gasteiger partial charge >= 0.3 is 11.9 Å². The molecule has 0 spiro atoms. The van der Waals surface area contributed by atoms with Crippen LogP contribution in [-0.2, 0) is 19.2 Å². The summed E-state index contributed by atoms with van der Waals surface area (Å²) < 4.78 is 6.03. The minimum absolute atomic E-state index is 0.0147. The lowest BCUT2D eigenvalue weighted by Crippen LogP contribution is -2.68. The number of carbonyl (C=O) groups is 3. The van der Waals surface area contributed by atoms with Crippen molar-refractivity contribution in [3.8, 4) is 0 Å². The van der Waals surface area contributed by atoms with Gasteiger partial charge in [-0.2, -0.15) is 9.36 Å². The minimum Gasteiger partial charge on any atom is -0.476 e. The summed E-state index contributed by atoms with van der Waals surface area (Å²) in [7, 11) is 0. The number of hydrogen-bond acceptors (Lipinski definition) is 14.